The van der Waals surface area contributed by atoms with Gasteiger partial charge in [-0.05, 0) is 36.4 Å². The molecule has 3 aromatic carbocycles. The van der Waals surface area contributed by atoms with Gasteiger partial charge in [0.05, 0.1) is 35.3 Å². The summed E-state index contributed by atoms with van der Waals surface area (Å²) in [6.45, 7) is 0.532. The van der Waals surface area contributed by atoms with Crippen LogP contribution >= 0.6 is 11.8 Å². The number of hydrogen-bond acceptors (Lipinski definition) is 6. The fourth-order valence-electron chi connectivity index (χ4n) is 4.24. The second-order valence-electron chi connectivity index (χ2n) is 8.03. The number of amides is 1. The van der Waals surface area contributed by atoms with Crippen molar-refractivity contribution < 1.29 is 4.79 Å². The summed E-state index contributed by atoms with van der Waals surface area (Å²) in [5, 5.41) is 7.74. The van der Waals surface area contributed by atoms with Gasteiger partial charge in [-0.3, -0.25) is 9.59 Å². The molecular weight excluding hydrogens is 460 g/mol. The first-order valence-corrected chi connectivity index (χ1v) is 11.9. The highest BCUT2D eigenvalue weighted by atomic mass is 32.2. The first-order valence-electron chi connectivity index (χ1n) is 11.1. The summed E-state index contributed by atoms with van der Waals surface area (Å²) in [5.74, 6) is -0.118. The van der Waals surface area contributed by atoms with E-state index in [2.05, 4.69) is 49.5 Å². The summed E-state index contributed by atoms with van der Waals surface area (Å²) in [6, 6.07) is 23.8. The number of nitrogens with one attached hydrogen (secondary N) is 2. The molecule has 0 fully saturated rings. The summed E-state index contributed by atoms with van der Waals surface area (Å²) >= 11 is 1.74. The van der Waals surface area contributed by atoms with E-state index in [-0.39, 0.29) is 11.5 Å². The third kappa shape index (κ3) is 3.85. The van der Waals surface area contributed by atoms with Crippen molar-refractivity contribution in [1.29, 1.82) is 0 Å². The largest absolute Gasteiger partial charge is 0.339 e. The number of rotatable bonds is 5. The van der Waals surface area contributed by atoms with Crippen LogP contribution in [0.2, 0.25) is 0 Å². The van der Waals surface area contributed by atoms with Crippen LogP contribution in [0, 0.1) is 0 Å². The number of anilines is 3. The second-order valence-corrected chi connectivity index (χ2v) is 9.11. The minimum atomic E-state index is -0.261. The highest BCUT2D eigenvalue weighted by Crippen LogP contribution is 2.47. The SMILES string of the molecule is O=C(CCN1c2ccccc2Sc2ccccc21)Nc1ccccc1-n1ncc2c(=O)[nH]cnc21. The summed E-state index contributed by atoms with van der Waals surface area (Å²) < 4.78 is 1.56. The molecule has 0 bridgehead atoms. The predicted octanol–water partition coefficient (Wildman–Crippen LogP) is 4.74. The van der Waals surface area contributed by atoms with Crippen LogP contribution in [0.1, 0.15) is 6.42 Å². The lowest BCUT2D eigenvalue weighted by Crippen LogP contribution is -2.26. The van der Waals surface area contributed by atoms with Gasteiger partial charge in [0.2, 0.25) is 5.91 Å². The van der Waals surface area contributed by atoms with Crippen LogP contribution in [0.3, 0.4) is 0 Å². The standard InChI is InChI=1S/C26H20N6O2S/c33-24(13-14-31-20-9-3-5-11-22(20)35-23-12-6-4-10-21(23)31)30-18-7-1-2-8-19(18)32-25-17(15-29-32)26(34)28-16-27-25/h1-12,15-16H,13-14H2,(H,30,33)(H,27,28,34). The number of para-hydroxylation sites is 4. The molecule has 9 heteroatoms. The van der Waals surface area contributed by atoms with Crippen molar-refractivity contribution in [1.82, 2.24) is 19.7 Å². The zero-order valence-corrected chi connectivity index (χ0v) is 19.3. The van der Waals surface area contributed by atoms with Crippen molar-refractivity contribution in [2.45, 2.75) is 16.2 Å². The summed E-state index contributed by atoms with van der Waals surface area (Å²) in [7, 11) is 0. The van der Waals surface area contributed by atoms with Crippen LogP contribution < -0.4 is 15.8 Å². The molecule has 0 unspecified atom stereocenters. The van der Waals surface area contributed by atoms with E-state index in [9.17, 15) is 9.59 Å². The van der Waals surface area contributed by atoms with E-state index in [1.807, 2.05) is 48.5 Å². The number of aromatic amines is 1. The molecule has 0 atom stereocenters. The third-order valence-electron chi connectivity index (χ3n) is 5.87. The van der Waals surface area contributed by atoms with Gasteiger partial charge in [0.25, 0.3) is 5.56 Å². The van der Waals surface area contributed by atoms with Gasteiger partial charge < -0.3 is 15.2 Å². The Balaban J connectivity index is 1.25. The van der Waals surface area contributed by atoms with Crippen LogP contribution in [0.25, 0.3) is 16.7 Å². The minimum absolute atomic E-state index is 0.118. The van der Waals surface area contributed by atoms with Crippen LogP contribution in [0.4, 0.5) is 17.1 Å². The highest BCUT2D eigenvalue weighted by Gasteiger charge is 2.23. The number of benzene rings is 3. The van der Waals surface area contributed by atoms with Gasteiger partial charge in [-0.25, -0.2) is 9.67 Å². The quantitative estimate of drug-likeness (QED) is 0.377. The average molecular weight is 481 g/mol. The maximum Gasteiger partial charge on any atom is 0.261 e. The van der Waals surface area contributed by atoms with Gasteiger partial charge in [-0.15, -0.1) is 0 Å². The molecule has 1 aliphatic heterocycles. The van der Waals surface area contributed by atoms with Gasteiger partial charge in [-0.2, -0.15) is 5.10 Å². The molecule has 35 heavy (non-hydrogen) atoms. The van der Waals surface area contributed by atoms with Crippen LogP contribution in [-0.2, 0) is 4.79 Å². The monoisotopic (exact) mass is 480 g/mol. The Morgan fingerprint density at radius 2 is 1.57 bits per heavy atom. The van der Waals surface area contributed by atoms with E-state index >= 15 is 0 Å². The molecule has 6 rings (SSSR count). The molecule has 5 aromatic rings. The number of hydrogen-bond donors (Lipinski definition) is 2. The zero-order chi connectivity index (χ0) is 23.8. The fraction of sp³-hybridized carbons (Fsp3) is 0.0769. The van der Waals surface area contributed by atoms with Crippen molar-refractivity contribution in [3.05, 3.63) is 95.7 Å². The van der Waals surface area contributed by atoms with E-state index in [0.717, 1.165) is 11.4 Å². The van der Waals surface area contributed by atoms with E-state index in [0.29, 0.717) is 35.4 Å². The maximum absolute atomic E-state index is 13.1. The molecule has 0 saturated carbocycles. The maximum atomic E-state index is 13.1. The highest BCUT2D eigenvalue weighted by molar-refractivity contribution is 7.99. The van der Waals surface area contributed by atoms with Crippen molar-refractivity contribution in [2.24, 2.45) is 0 Å². The molecule has 0 spiro atoms. The van der Waals surface area contributed by atoms with Gasteiger partial charge in [-0.1, -0.05) is 48.2 Å². The van der Waals surface area contributed by atoms with Gasteiger partial charge in [0, 0.05) is 22.8 Å². The molecule has 2 aromatic heterocycles. The number of aromatic nitrogens is 4. The average Bonchev–Trinajstić information content (AvgIpc) is 3.32. The van der Waals surface area contributed by atoms with Crippen molar-refractivity contribution >= 4 is 45.8 Å². The lowest BCUT2D eigenvalue weighted by atomic mass is 10.2. The molecule has 1 aliphatic rings. The number of fused-ring (bicyclic) bond motifs is 3. The Labute approximate surface area is 204 Å². The summed E-state index contributed by atoms with van der Waals surface area (Å²) in [4.78, 5) is 36.5. The van der Waals surface area contributed by atoms with Gasteiger partial charge in [0.1, 0.15) is 5.39 Å². The molecule has 1 amide bonds. The number of nitrogens with zero attached hydrogens (tertiary/aromatic N) is 4. The first kappa shape index (κ1) is 21.2. The van der Waals surface area contributed by atoms with E-state index in [1.54, 1.807) is 16.4 Å². The fourth-order valence-corrected chi connectivity index (χ4v) is 5.34. The van der Waals surface area contributed by atoms with Crippen LogP contribution in [0.5, 0.6) is 0 Å². The molecule has 8 nitrogen and oxygen atoms in total. The Morgan fingerprint density at radius 1 is 0.914 bits per heavy atom. The Morgan fingerprint density at radius 3 is 2.31 bits per heavy atom. The van der Waals surface area contributed by atoms with E-state index < -0.39 is 0 Å². The lowest BCUT2D eigenvalue weighted by molar-refractivity contribution is -0.116. The van der Waals surface area contributed by atoms with Crippen molar-refractivity contribution in [2.75, 3.05) is 16.8 Å². The smallest absolute Gasteiger partial charge is 0.261 e. The third-order valence-corrected chi connectivity index (χ3v) is 7.00. The lowest BCUT2D eigenvalue weighted by Gasteiger charge is -2.32. The van der Waals surface area contributed by atoms with Crippen LogP contribution in [0.15, 0.2) is 99.9 Å². The summed E-state index contributed by atoms with van der Waals surface area (Å²) in [5.41, 5.74) is 3.60. The van der Waals surface area contributed by atoms with E-state index in [1.165, 1.54) is 22.3 Å². The Bertz CT molecular complexity index is 1580. The molecule has 0 saturated heterocycles. The van der Waals surface area contributed by atoms with Crippen molar-refractivity contribution in [3.63, 3.8) is 0 Å². The van der Waals surface area contributed by atoms with Crippen LogP contribution in [-0.4, -0.2) is 32.2 Å². The molecule has 2 N–H and O–H groups in total. The Kier molecular flexibility index (Phi) is 5.31. The normalized spacial score (nSPS) is 12.3. The molecule has 0 aliphatic carbocycles. The topological polar surface area (TPSA) is 95.9 Å². The van der Waals surface area contributed by atoms with E-state index in [4.69, 9.17) is 0 Å². The minimum Gasteiger partial charge on any atom is -0.339 e. The van der Waals surface area contributed by atoms with Gasteiger partial charge >= 0.3 is 0 Å². The first-order chi connectivity index (χ1) is 17.2. The number of carbonyl (C=O) groups excluding carboxylic acids is 1. The number of H-pyrrole nitrogens is 1. The van der Waals surface area contributed by atoms with Gasteiger partial charge in [0.15, 0.2) is 5.65 Å². The summed E-state index contributed by atoms with van der Waals surface area (Å²) in [6.07, 6.45) is 3.11. The second kappa shape index (κ2) is 8.77. The zero-order valence-electron chi connectivity index (χ0n) is 18.5. The predicted molar refractivity (Wildman–Crippen MR) is 137 cm³/mol. The Hall–Kier alpha value is -4.37. The molecular formula is C26H20N6O2S. The number of carbonyl (C=O) groups is 1. The van der Waals surface area contributed by atoms with Crippen molar-refractivity contribution in [3.8, 4) is 5.69 Å². The molecule has 0 radical (unpaired) electrons. The molecule has 172 valence electrons. The molecule has 3 heterocycles.